The Labute approximate surface area is 245 Å². The number of hydrogen-bond donors (Lipinski definition) is 2. The molecule has 0 radical (unpaired) electrons. The summed E-state index contributed by atoms with van der Waals surface area (Å²) in [6.07, 6.45) is 2.88. The maximum absolute atomic E-state index is 14.1. The Morgan fingerprint density at radius 2 is 1.98 bits per heavy atom. The summed E-state index contributed by atoms with van der Waals surface area (Å²) in [5.74, 6) is -0.448. The fraction of sp³-hybridized carbons (Fsp3) is 0.484. The van der Waals surface area contributed by atoms with Crippen molar-refractivity contribution in [3.05, 3.63) is 62.4 Å². The largest absolute Gasteiger partial charge is 0.461 e. The van der Waals surface area contributed by atoms with Gasteiger partial charge in [0.05, 0.1) is 35.4 Å². The number of fused-ring (bicyclic) bond motifs is 4. The van der Waals surface area contributed by atoms with E-state index in [0.717, 1.165) is 34.0 Å². The number of nitrogens with zero attached hydrogens (tertiary/aromatic N) is 3. The maximum atomic E-state index is 14.1. The molecule has 1 aliphatic rings. The molecule has 4 rings (SSSR count). The Morgan fingerprint density at radius 1 is 1.22 bits per heavy atom. The molecule has 1 atom stereocenters. The first-order chi connectivity index (χ1) is 19.5. The van der Waals surface area contributed by atoms with Gasteiger partial charge in [0.2, 0.25) is 0 Å². The molecule has 220 valence electrons. The van der Waals surface area contributed by atoms with Crippen LogP contribution < -0.4 is 10.9 Å². The van der Waals surface area contributed by atoms with Crippen LogP contribution in [0.15, 0.2) is 29.1 Å². The Hall–Kier alpha value is -3.21. The van der Waals surface area contributed by atoms with Crippen LogP contribution in [-0.4, -0.2) is 70.6 Å². The van der Waals surface area contributed by atoms with Gasteiger partial charge in [0.25, 0.3) is 11.5 Å². The molecular formula is C31H40N4O5S. The maximum Gasteiger partial charge on any atom is 0.306 e. The summed E-state index contributed by atoms with van der Waals surface area (Å²) >= 11 is 1.52. The summed E-state index contributed by atoms with van der Waals surface area (Å²) in [6.45, 7) is 6.72. The van der Waals surface area contributed by atoms with Gasteiger partial charge in [-0.3, -0.25) is 14.4 Å². The van der Waals surface area contributed by atoms with E-state index in [9.17, 15) is 19.5 Å². The summed E-state index contributed by atoms with van der Waals surface area (Å²) in [6, 6.07) is 7.80. The van der Waals surface area contributed by atoms with Crippen molar-refractivity contribution in [3.8, 4) is 11.4 Å². The normalized spacial score (nSPS) is 13.7. The third kappa shape index (κ3) is 6.05. The van der Waals surface area contributed by atoms with Crippen molar-refractivity contribution in [2.75, 3.05) is 39.2 Å². The highest BCUT2D eigenvalue weighted by atomic mass is 32.2. The van der Waals surface area contributed by atoms with Gasteiger partial charge in [-0.2, -0.15) is 11.8 Å². The number of esters is 1. The lowest BCUT2D eigenvalue weighted by molar-refractivity contribution is -0.144. The molecule has 1 aromatic carbocycles. The number of carbonyl (C=O) groups is 2. The van der Waals surface area contributed by atoms with Crippen LogP contribution in [0.5, 0.6) is 0 Å². The number of ether oxygens (including phenoxy) is 1. The van der Waals surface area contributed by atoms with E-state index >= 15 is 0 Å². The number of hydrogen-bond acceptors (Lipinski definition) is 8. The summed E-state index contributed by atoms with van der Waals surface area (Å²) in [4.78, 5) is 46.9. The molecular weight excluding hydrogens is 540 g/mol. The second kappa shape index (κ2) is 12.8. The van der Waals surface area contributed by atoms with Gasteiger partial charge in [0.1, 0.15) is 6.61 Å². The number of rotatable bonds is 12. The van der Waals surface area contributed by atoms with Gasteiger partial charge in [0.15, 0.2) is 5.60 Å². The minimum Gasteiger partial charge on any atom is -0.461 e. The Balaban J connectivity index is 1.88. The molecule has 3 heterocycles. The number of thioether (sulfide) groups is 1. The molecule has 10 heteroatoms. The zero-order valence-corrected chi connectivity index (χ0v) is 25.6. The predicted octanol–water partition coefficient (Wildman–Crippen LogP) is 3.37. The van der Waals surface area contributed by atoms with E-state index in [2.05, 4.69) is 18.3 Å². The van der Waals surface area contributed by atoms with Gasteiger partial charge in [-0.1, -0.05) is 25.5 Å². The van der Waals surface area contributed by atoms with Crippen molar-refractivity contribution in [3.63, 3.8) is 0 Å². The third-order valence-electron chi connectivity index (χ3n) is 7.74. The molecule has 0 fully saturated rings. The van der Waals surface area contributed by atoms with E-state index < -0.39 is 23.0 Å². The fourth-order valence-corrected chi connectivity index (χ4v) is 5.77. The van der Waals surface area contributed by atoms with Crippen molar-refractivity contribution in [2.24, 2.45) is 0 Å². The highest BCUT2D eigenvalue weighted by Gasteiger charge is 2.41. The van der Waals surface area contributed by atoms with Crippen LogP contribution in [0.1, 0.15) is 54.5 Å². The van der Waals surface area contributed by atoms with Gasteiger partial charge in [-0.25, -0.2) is 4.98 Å². The van der Waals surface area contributed by atoms with Crippen LogP contribution >= 0.6 is 11.8 Å². The first kappa shape index (κ1) is 30.7. The minimum atomic E-state index is -2.01. The quantitative estimate of drug-likeness (QED) is 0.245. The molecule has 41 heavy (non-hydrogen) atoms. The molecule has 0 saturated heterocycles. The van der Waals surface area contributed by atoms with Crippen molar-refractivity contribution in [1.82, 2.24) is 19.8 Å². The Morgan fingerprint density at radius 3 is 2.63 bits per heavy atom. The number of aliphatic hydroxyl groups is 1. The first-order valence-corrected chi connectivity index (χ1v) is 15.4. The molecule has 0 aliphatic carbocycles. The van der Waals surface area contributed by atoms with E-state index in [1.807, 2.05) is 44.3 Å². The molecule has 9 nitrogen and oxygen atoms in total. The van der Waals surface area contributed by atoms with Crippen LogP contribution in [0.4, 0.5) is 0 Å². The van der Waals surface area contributed by atoms with E-state index in [4.69, 9.17) is 9.72 Å². The lowest BCUT2D eigenvalue weighted by Crippen LogP contribution is -2.47. The van der Waals surface area contributed by atoms with Crippen molar-refractivity contribution in [2.45, 2.75) is 58.8 Å². The zero-order chi connectivity index (χ0) is 29.9. The van der Waals surface area contributed by atoms with Gasteiger partial charge >= 0.3 is 5.97 Å². The van der Waals surface area contributed by atoms with Gasteiger partial charge in [-0.05, 0) is 63.9 Å². The molecule has 1 amide bonds. The Bertz CT molecular complexity index is 1530. The molecule has 0 saturated carbocycles. The second-order valence-corrected chi connectivity index (χ2v) is 11.8. The second-order valence-electron chi connectivity index (χ2n) is 10.8. The van der Waals surface area contributed by atoms with Crippen molar-refractivity contribution >= 4 is 34.5 Å². The lowest BCUT2D eigenvalue weighted by Gasteiger charge is -2.29. The molecule has 1 aliphatic heterocycles. The average Bonchev–Trinajstić information content (AvgIpc) is 3.31. The highest BCUT2D eigenvalue weighted by Crippen LogP contribution is 2.39. The number of aromatic nitrogens is 2. The standard InChI is InChI=1S/C31H40N4O5S/c1-7-20-21-15-19(3)9-10-25(21)33-28-22(20)17-35-26(28)16-24(23(29(35)37)18-40-27(36)11-14-41-6)31(39,8-2)30(38)32-12-13-34(4)5/h9-10,15-16,39H,7-8,11-14,17-18H2,1-6H3,(H,32,38)/t31-/m0/s1. The number of carbonyl (C=O) groups excluding carboxylic acids is 2. The summed E-state index contributed by atoms with van der Waals surface area (Å²) in [5, 5.41) is 15.7. The van der Waals surface area contributed by atoms with Crippen LogP contribution in [0, 0.1) is 6.92 Å². The van der Waals surface area contributed by atoms with Crippen LogP contribution in [-0.2, 0) is 39.5 Å². The number of pyridine rings is 2. The van der Waals surface area contributed by atoms with Gasteiger partial charge < -0.3 is 24.6 Å². The highest BCUT2D eigenvalue weighted by molar-refractivity contribution is 7.98. The van der Waals surface area contributed by atoms with Crippen molar-refractivity contribution < 1.29 is 19.4 Å². The average molecular weight is 581 g/mol. The number of benzene rings is 1. The van der Waals surface area contributed by atoms with E-state index in [-0.39, 0.29) is 30.6 Å². The van der Waals surface area contributed by atoms with Gasteiger partial charge in [0, 0.05) is 35.4 Å². The smallest absolute Gasteiger partial charge is 0.306 e. The van der Waals surface area contributed by atoms with Crippen molar-refractivity contribution in [1.29, 1.82) is 0 Å². The zero-order valence-electron chi connectivity index (χ0n) is 24.8. The SMILES string of the molecule is CCc1c2c(nc3ccc(C)cc13)-c1cc([C@@](O)(CC)C(=O)NCCN(C)C)c(COC(=O)CCSC)c(=O)n1C2. The van der Waals surface area contributed by atoms with Crippen LogP contribution in [0.25, 0.3) is 22.3 Å². The molecule has 0 unspecified atom stereocenters. The molecule has 3 aromatic rings. The van der Waals surface area contributed by atoms with Crippen LogP contribution in [0.3, 0.4) is 0 Å². The summed E-state index contributed by atoms with van der Waals surface area (Å²) < 4.78 is 7.13. The molecule has 2 N–H and O–H groups in total. The third-order valence-corrected chi connectivity index (χ3v) is 8.35. The molecule has 0 bridgehead atoms. The topological polar surface area (TPSA) is 114 Å². The molecule has 0 spiro atoms. The number of likely N-dealkylation sites (N-methyl/N-ethyl adjacent to an activating group) is 1. The molecule has 2 aromatic heterocycles. The van der Waals surface area contributed by atoms with E-state index in [0.29, 0.717) is 36.8 Å². The fourth-order valence-electron chi connectivity index (χ4n) is 5.40. The monoisotopic (exact) mass is 580 g/mol. The number of amides is 1. The first-order valence-electron chi connectivity index (χ1n) is 14.0. The van der Waals surface area contributed by atoms with E-state index in [1.165, 1.54) is 11.8 Å². The predicted molar refractivity (Wildman–Crippen MR) is 163 cm³/mol. The Kier molecular flexibility index (Phi) is 9.56. The van der Waals surface area contributed by atoms with E-state index in [1.54, 1.807) is 17.6 Å². The number of aryl methyl sites for hydroxylation is 2. The van der Waals surface area contributed by atoms with Crippen LogP contribution in [0.2, 0.25) is 0 Å². The number of nitrogens with one attached hydrogen (secondary N) is 1. The van der Waals surface area contributed by atoms with Gasteiger partial charge in [-0.15, -0.1) is 0 Å². The minimum absolute atomic E-state index is 0.0224. The summed E-state index contributed by atoms with van der Waals surface area (Å²) in [7, 11) is 3.78. The summed E-state index contributed by atoms with van der Waals surface area (Å²) in [5.41, 5.74) is 3.09. The lowest BCUT2D eigenvalue weighted by atomic mass is 9.86.